The summed E-state index contributed by atoms with van der Waals surface area (Å²) in [4.78, 5) is 29.6. The molecular weight excluding hydrogens is 460 g/mol. The summed E-state index contributed by atoms with van der Waals surface area (Å²) in [5, 5.41) is 5.23. The van der Waals surface area contributed by atoms with Gasteiger partial charge in [-0.1, -0.05) is 66.7 Å². The van der Waals surface area contributed by atoms with Crippen molar-refractivity contribution in [1.29, 1.82) is 0 Å². The van der Waals surface area contributed by atoms with Crippen LogP contribution in [-0.4, -0.2) is 25.5 Å². The zero-order valence-corrected chi connectivity index (χ0v) is 21.1. The number of fused-ring (bicyclic) bond motifs is 4. The molecule has 2 atom stereocenters. The van der Waals surface area contributed by atoms with E-state index in [0.717, 1.165) is 57.3 Å². The van der Waals surface area contributed by atoms with Gasteiger partial charge in [0, 0.05) is 12.1 Å². The van der Waals surface area contributed by atoms with Crippen LogP contribution in [0.2, 0.25) is 0 Å². The summed E-state index contributed by atoms with van der Waals surface area (Å²) >= 11 is 0. The highest BCUT2D eigenvalue weighted by atomic mass is 16.5. The first-order valence-corrected chi connectivity index (χ1v) is 12.9. The van der Waals surface area contributed by atoms with Gasteiger partial charge >= 0.3 is 0 Å². The number of carbonyl (C=O) groups is 2. The van der Waals surface area contributed by atoms with E-state index < -0.39 is 12.0 Å². The normalized spacial score (nSPS) is 17.5. The number of hydrogen-bond donors (Lipinski definition) is 1. The van der Waals surface area contributed by atoms with Gasteiger partial charge in [-0.3, -0.25) is 9.59 Å². The van der Waals surface area contributed by atoms with Crippen LogP contribution in [0.4, 0.5) is 5.69 Å². The molecule has 186 valence electrons. The van der Waals surface area contributed by atoms with Crippen LogP contribution in [0, 0.1) is 5.92 Å². The Balaban J connectivity index is 1.34. The fraction of sp³-hybridized carbons (Fsp3) is 0.250. The number of methoxy groups -OCH3 is 1. The molecule has 2 aliphatic rings. The molecule has 1 aliphatic carbocycles. The number of carbonyl (C=O) groups excluding carboxylic acids is 2. The predicted octanol–water partition coefficient (Wildman–Crippen LogP) is 6.23. The first-order chi connectivity index (χ1) is 18.0. The molecule has 0 radical (unpaired) electrons. The van der Waals surface area contributed by atoms with Crippen LogP contribution in [0.1, 0.15) is 42.9 Å². The molecule has 4 aromatic rings. The molecule has 1 fully saturated rings. The molecule has 1 aliphatic heterocycles. The van der Waals surface area contributed by atoms with E-state index in [1.807, 2.05) is 90.7 Å². The Morgan fingerprint density at radius 1 is 0.946 bits per heavy atom. The van der Waals surface area contributed by atoms with Crippen LogP contribution in [-0.2, 0) is 9.59 Å². The van der Waals surface area contributed by atoms with Crippen molar-refractivity contribution in [3.63, 3.8) is 0 Å². The second-order valence-corrected chi connectivity index (χ2v) is 10.1. The molecule has 0 bridgehead atoms. The van der Waals surface area contributed by atoms with Crippen molar-refractivity contribution in [2.45, 2.75) is 31.7 Å². The van der Waals surface area contributed by atoms with Gasteiger partial charge in [0.15, 0.2) is 0 Å². The molecule has 5 heteroatoms. The van der Waals surface area contributed by atoms with Crippen LogP contribution < -0.4 is 15.0 Å². The minimum atomic E-state index is -0.748. The number of hydrogen-bond acceptors (Lipinski definition) is 3. The van der Waals surface area contributed by atoms with Gasteiger partial charge in [-0.2, -0.15) is 0 Å². The molecule has 1 N–H and O–H groups in total. The zero-order valence-electron chi connectivity index (χ0n) is 21.1. The smallest absolute Gasteiger partial charge is 0.254 e. The van der Waals surface area contributed by atoms with E-state index in [4.69, 9.17) is 4.74 Å². The van der Waals surface area contributed by atoms with E-state index in [1.54, 1.807) is 7.11 Å². The van der Waals surface area contributed by atoms with Gasteiger partial charge in [-0.05, 0) is 71.3 Å². The van der Waals surface area contributed by atoms with Crippen molar-refractivity contribution < 1.29 is 14.3 Å². The van der Waals surface area contributed by atoms with Crippen molar-refractivity contribution in [3.05, 3.63) is 96.1 Å². The number of rotatable bonds is 6. The third kappa shape index (κ3) is 4.35. The molecule has 1 saturated carbocycles. The Bertz CT molecular complexity index is 1510. The summed E-state index contributed by atoms with van der Waals surface area (Å²) in [6.07, 6.45) is 2.28. The average molecular weight is 491 g/mol. The van der Waals surface area contributed by atoms with Crippen LogP contribution in [0.5, 0.6) is 5.75 Å². The number of para-hydroxylation sites is 1. The lowest BCUT2D eigenvalue weighted by molar-refractivity contribution is -0.128. The minimum absolute atomic E-state index is 0.0737. The highest BCUT2D eigenvalue weighted by molar-refractivity contribution is 6.06. The molecular formula is C32H30N2O3. The number of nitrogens with one attached hydrogen (secondary N) is 1. The average Bonchev–Trinajstić information content (AvgIpc) is 3.78. The molecule has 0 unspecified atom stereocenters. The number of amides is 2. The van der Waals surface area contributed by atoms with Crippen molar-refractivity contribution in [2.24, 2.45) is 5.92 Å². The van der Waals surface area contributed by atoms with Gasteiger partial charge < -0.3 is 15.0 Å². The molecule has 1 heterocycles. The minimum Gasteiger partial charge on any atom is -0.497 e. The number of benzene rings is 4. The van der Waals surface area contributed by atoms with E-state index in [2.05, 4.69) is 11.4 Å². The molecule has 37 heavy (non-hydrogen) atoms. The molecule has 4 aromatic carbocycles. The lowest BCUT2D eigenvalue weighted by atomic mass is 9.93. The van der Waals surface area contributed by atoms with Crippen LogP contribution in [0.3, 0.4) is 0 Å². The monoisotopic (exact) mass is 490 g/mol. The first-order valence-electron chi connectivity index (χ1n) is 12.9. The fourth-order valence-corrected chi connectivity index (χ4v) is 5.28. The number of nitrogens with zero attached hydrogens (tertiary/aromatic N) is 1. The highest BCUT2D eigenvalue weighted by Crippen LogP contribution is 2.42. The van der Waals surface area contributed by atoms with Gasteiger partial charge in [0.1, 0.15) is 11.8 Å². The second kappa shape index (κ2) is 9.40. The quantitative estimate of drug-likeness (QED) is 0.348. The van der Waals surface area contributed by atoms with Gasteiger partial charge in [-0.25, -0.2) is 0 Å². The van der Waals surface area contributed by atoms with Gasteiger partial charge in [0.05, 0.1) is 18.7 Å². The molecule has 5 nitrogen and oxygen atoms in total. The predicted molar refractivity (Wildman–Crippen MR) is 147 cm³/mol. The fourth-order valence-electron chi connectivity index (χ4n) is 5.28. The largest absolute Gasteiger partial charge is 0.497 e. The van der Waals surface area contributed by atoms with Gasteiger partial charge in [0.25, 0.3) is 5.91 Å². The van der Waals surface area contributed by atoms with Crippen molar-refractivity contribution in [1.82, 2.24) is 5.32 Å². The lowest BCUT2D eigenvalue weighted by Gasteiger charge is -2.27. The standard InChI is InChI=1S/C32H30N2O3/c1-20(22-13-14-24-18-25(37-2)16-15-23(24)17-22)31(35)33-30-28-9-4-3-7-26(28)27-8-5-6-10-29(27)34(32(30)36)19-21-11-12-21/h3-10,13-18,20-21,30H,11-12,19H2,1-2H3,(H,33,35)/t20-,30+/m0/s1. The third-order valence-corrected chi connectivity index (χ3v) is 7.66. The maximum Gasteiger partial charge on any atom is 0.254 e. The van der Waals surface area contributed by atoms with Crippen molar-refractivity contribution in [3.8, 4) is 16.9 Å². The summed E-state index contributed by atoms with van der Waals surface area (Å²) in [6.45, 7) is 2.57. The lowest BCUT2D eigenvalue weighted by Crippen LogP contribution is -2.44. The first kappa shape index (κ1) is 23.3. The summed E-state index contributed by atoms with van der Waals surface area (Å²) in [6, 6.07) is 27.2. The molecule has 0 saturated heterocycles. The van der Waals surface area contributed by atoms with Gasteiger partial charge in [-0.15, -0.1) is 0 Å². The number of ether oxygens (including phenoxy) is 1. The molecule has 0 aromatic heterocycles. The van der Waals surface area contributed by atoms with Gasteiger partial charge in [0.2, 0.25) is 5.91 Å². The van der Waals surface area contributed by atoms with E-state index >= 15 is 0 Å². The van der Waals surface area contributed by atoms with E-state index in [9.17, 15) is 9.59 Å². The Hall–Kier alpha value is -4.12. The molecule has 6 rings (SSSR count). The van der Waals surface area contributed by atoms with Crippen LogP contribution >= 0.6 is 0 Å². The van der Waals surface area contributed by atoms with Crippen molar-refractivity contribution >= 4 is 28.3 Å². The Kier molecular flexibility index (Phi) is 5.91. The van der Waals surface area contributed by atoms with Crippen LogP contribution in [0.25, 0.3) is 21.9 Å². The Morgan fingerprint density at radius 3 is 2.43 bits per heavy atom. The highest BCUT2D eigenvalue weighted by Gasteiger charge is 2.38. The summed E-state index contributed by atoms with van der Waals surface area (Å²) in [7, 11) is 1.65. The maximum absolute atomic E-state index is 14.1. The van der Waals surface area contributed by atoms with Crippen LogP contribution in [0.15, 0.2) is 84.9 Å². The second-order valence-electron chi connectivity index (χ2n) is 10.1. The molecule has 0 spiro atoms. The Labute approximate surface area is 217 Å². The maximum atomic E-state index is 14.1. The van der Waals surface area contributed by atoms with E-state index in [-0.39, 0.29) is 11.8 Å². The number of anilines is 1. The Morgan fingerprint density at radius 2 is 1.65 bits per heavy atom. The third-order valence-electron chi connectivity index (χ3n) is 7.66. The summed E-state index contributed by atoms with van der Waals surface area (Å²) < 4.78 is 5.33. The summed E-state index contributed by atoms with van der Waals surface area (Å²) in [5.41, 5.74) is 4.68. The SMILES string of the molecule is COc1ccc2cc([C@H](C)C(=O)N[C@H]3C(=O)N(CC4CC4)c4ccccc4-c4ccccc43)ccc2c1. The zero-order chi connectivity index (χ0) is 25.5. The van der Waals surface area contributed by atoms with E-state index in [1.165, 1.54) is 0 Å². The van der Waals surface area contributed by atoms with E-state index in [0.29, 0.717) is 12.5 Å². The van der Waals surface area contributed by atoms with Crippen molar-refractivity contribution in [2.75, 3.05) is 18.6 Å². The summed E-state index contributed by atoms with van der Waals surface area (Å²) in [5.74, 6) is 0.654. The molecule has 2 amide bonds. The topological polar surface area (TPSA) is 58.6 Å².